The summed E-state index contributed by atoms with van der Waals surface area (Å²) in [6, 6.07) is 5.37. The third kappa shape index (κ3) is 2.11. The van der Waals surface area contributed by atoms with Gasteiger partial charge in [-0.1, -0.05) is 6.07 Å². The normalized spacial score (nSPS) is 17.1. The monoisotopic (exact) mass is 240 g/mol. The predicted octanol–water partition coefficient (Wildman–Crippen LogP) is 0.583. The van der Waals surface area contributed by atoms with Gasteiger partial charge in [0.15, 0.2) is 0 Å². The summed E-state index contributed by atoms with van der Waals surface area (Å²) in [6.45, 7) is 1.88. The second-order valence-corrected chi connectivity index (χ2v) is 6.01. The molecule has 1 heterocycles. The Balaban J connectivity index is 2.41. The molecular weight excluding hydrogens is 224 g/mol. The average molecular weight is 240 g/mol. The Hall–Kier alpha value is -0.910. The highest BCUT2D eigenvalue weighted by molar-refractivity contribution is 7.89. The van der Waals surface area contributed by atoms with Crippen molar-refractivity contribution in [3.8, 4) is 0 Å². The summed E-state index contributed by atoms with van der Waals surface area (Å²) in [5, 5.41) is 0. The Morgan fingerprint density at radius 2 is 2.06 bits per heavy atom. The fourth-order valence-electron chi connectivity index (χ4n) is 1.96. The molecule has 1 aromatic rings. The first kappa shape index (κ1) is 11.6. The summed E-state index contributed by atoms with van der Waals surface area (Å²) in [7, 11) is 0.195. The smallest absolute Gasteiger partial charge is 0.240 e. The van der Waals surface area contributed by atoms with E-state index in [-0.39, 0.29) is 0 Å². The van der Waals surface area contributed by atoms with Crippen LogP contribution < -0.4 is 4.72 Å². The molecule has 0 spiro atoms. The van der Waals surface area contributed by atoms with Crippen molar-refractivity contribution < 1.29 is 8.42 Å². The van der Waals surface area contributed by atoms with Gasteiger partial charge in [-0.25, -0.2) is 13.1 Å². The van der Waals surface area contributed by atoms with Crippen LogP contribution in [0.1, 0.15) is 11.1 Å². The Bertz CT molecular complexity index is 497. The third-order valence-electron chi connectivity index (χ3n) is 2.96. The van der Waals surface area contributed by atoms with Crippen molar-refractivity contribution in [2.45, 2.75) is 17.9 Å². The number of rotatable bonds is 2. The van der Waals surface area contributed by atoms with Gasteiger partial charge in [-0.3, -0.25) is 0 Å². The van der Waals surface area contributed by atoms with Gasteiger partial charge in [0.25, 0.3) is 0 Å². The van der Waals surface area contributed by atoms with Gasteiger partial charge < -0.3 is 4.90 Å². The zero-order valence-corrected chi connectivity index (χ0v) is 10.3. The minimum absolute atomic E-state index is 0.360. The van der Waals surface area contributed by atoms with Crippen LogP contribution in [-0.2, 0) is 23.0 Å². The van der Waals surface area contributed by atoms with Gasteiger partial charge in [-0.05, 0) is 43.8 Å². The molecule has 0 saturated carbocycles. The number of hydrogen-bond donors (Lipinski definition) is 1. The summed E-state index contributed by atoms with van der Waals surface area (Å²) in [6.07, 6.45) is 0.916. The third-order valence-corrected chi connectivity index (χ3v) is 4.37. The predicted molar refractivity (Wildman–Crippen MR) is 62.7 cm³/mol. The molecular formula is C11H16N2O2S. The van der Waals surface area contributed by atoms with E-state index in [9.17, 15) is 8.42 Å². The van der Waals surface area contributed by atoms with E-state index >= 15 is 0 Å². The zero-order valence-electron chi connectivity index (χ0n) is 9.53. The second kappa shape index (κ2) is 4.16. The Kier molecular flexibility index (Phi) is 3.01. The van der Waals surface area contributed by atoms with Crippen molar-refractivity contribution in [1.82, 2.24) is 9.62 Å². The van der Waals surface area contributed by atoms with E-state index in [0.717, 1.165) is 25.1 Å². The number of likely N-dealkylation sites (N-methyl/N-ethyl adjacent to an activating group) is 1. The lowest BCUT2D eigenvalue weighted by molar-refractivity contribution is 0.312. The highest BCUT2D eigenvalue weighted by atomic mass is 32.2. The molecule has 0 unspecified atom stereocenters. The summed E-state index contributed by atoms with van der Waals surface area (Å²) < 4.78 is 25.6. The van der Waals surface area contributed by atoms with Gasteiger partial charge in [0.2, 0.25) is 10.0 Å². The molecule has 5 heteroatoms. The standard InChI is InChI=1S/C11H16N2O2S/c1-12-16(14,15)11-4-3-10-8-13(2)6-5-9(10)7-11/h3-4,7,12H,5-6,8H2,1-2H3. The van der Waals surface area contributed by atoms with Crippen LogP contribution in [0.2, 0.25) is 0 Å². The SMILES string of the molecule is CNS(=O)(=O)c1ccc2c(c1)CCN(C)C2. The number of fused-ring (bicyclic) bond motifs is 1. The molecule has 1 N–H and O–H groups in total. The molecule has 1 aliphatic rings. The molecule has 0 bridgehead atoms. The highest BCUT2D eigenvalue weighted by Gasteiger charge is 2.17. The maximum Gasteiger partial charge on any atom is 0.240 e. The summed E-state index contributed by atoms with van der Waals surface area (Å²) >= 11 is 0. The van der Waals surface area contributed by atoms with Crippen LogP contribution in [0.5, 0.6) is 0 Å². The van der Waals surface area contributed by atoms with Crippen molar-refractivity contribution >= 4 is 10.0 Å². The Morgan fingerprint density at radius 3 is 2.75 bits per heavy atom. The quantitative estimate of drug-likeness (QED) is 0.823. The minimum atomic E-state index is -3.31. The summed E-state index contributed by atoms with van der Waals surface area (Å²) in [4.78, 5) is 2.59. The van der Waals surface area contributed by atoms with E-state index in [0.29, 0.717) is 4.90 Å². The fourth-order valence-corrected chi connectivity index (χ4v) is 2.74. The fraction of sp³-hybridized carbons (Fsp3) is 0.455. The van der Waals surface area contributed by atoms with Gasteiger partial charge in [0.1, 0.15) is 0 Å². The van der Waals surface area contributed by atoms with Gasteiger partial charge >= 0.3 is 0 Å². The highest BCUT2D eigenvalue weighted by Crippen LogP contribution is 2.21. The maximum atomic E-state index is 11.6. The Labute approximate surface area is 96.3 Å². The largest absolute Gasteiger partial charge is 0.302 e. The molecule has 1 aromatic carbocycles. The molecule has 0 saturated heterocycles. The van der Waals surface area contributed by atoms with Crippen molar-refractivity contribution in [3.63, 3.8) is 0 Å². The average Bonchev–Trinajstić information content (AvgIpc) is 2.28. The lowest BCUT2D eigenvalue weighted by Gasteiger charge is -2.25. The molecule has 4 nitrogen and oxygen atoms in total. The molecule has 0 fully saturated rings. The van der Waals surface area contributed by atoms with Crippen molar-refractivity contribution in [2.75, 3.05) is 20.6 Å². The number of nitrogens with one attached hydrogen (secondary N) is 1. The van der Waals surface area contributed by atoms with Crippen molar-refractivity contribution in [3.05, 3.63) is 29.3 Å². The van der Waals surface area contributed by atoms with Crippen LogP contribution >= 0.6 is 0 Å². The van der Waals surface area contributed by atoms with Crippen molar-refractivity contribution in [1.29, 1.82) is 0 Å². The number of sulfonamides is 1. The van der Waals surface area contributed by atoms with Crippen LogP contribution in [0.4, 0.5) is 0 Å². The molecule has 2 rings (SSSR count). The molecule has 16 heavy (non-hydrogen) atoms. The van der Waals surface area contributed by atoms with Crippen LogP contribution in [-0.4, -0.2) is 34.0 Å². The molecule has 0 amide bonds. The van der Waals surface area contributed by atoms with E-state index < -0.39 is 10.0 Å². The van der Waals surface area contributed by atoms with Gasteiger partial charge in [0.05, 0.1) is 4.90 Å². The molecule has 0 aliphatic carbocycles. The lowest BCUT2D eigenvalue weighted by Crippen LogP contribution is -2.27. The van der Waals surface area contributed by atoms with E-state index in [1.54, 1.807) is 12.1 Å². The maximum absolute atomic E-state index is 11.6. The molecule has 1 aliphatic heterocycles. The van der Waals surface area contributed by atoms with Crippen LogP contribution in [0, 0.1) is 0 Å². The van der Waals surface area contributed by atoms with Gasteiger partial charge in [-0.2, -0.15) is 0 Å². The van der Waals surface area contributed by atoms with E-state index in [2.05, 4.69) is 16.7 Å². The summed E-state index contributed by atoms with van der Waals surface area (Å²) in [5.74, 6) is 0. The Morgan fingerprint density at radius 1 is 1.31 bits per heavy atom. The van der Waals surface area contributed by atoms with E-state index in [1.165, 1.54) is 12.6 Å². The number of benzene rings is 1. The molecule has 88 valence electrons. The zero-order chi connectivity index (χ0) is 11.8. The summed E-state index contributed by atoms with van der Waals surface area (Å²) in [5.41, 5.74) is 2.37. The first-order valence-electron chi connectivity index (χ1n) is 5.27. The van der Waals surface area contributed by atoms with Crippen LogP contribution in [0.15, 0.2) is 23.1 Å². The first-order valence-corrected chi connectivity index (χ1v) is 6.75. The van der Waals surface area contributed by atoms with Crippen LogP contribution in [0.3, 0.4) is 0 Å². The van der Waals surface area contributed by atoms with Crippen molar-refractivity contribution in [2.24, 2.45) is 0 Å². The molecule has 0 radical (unpaired) electrons. The number of hydrogen-bond acceptors (Lipinski definition) is 3. The van der Waals surface area contributed by atoms with Gasteiger partial charge in [0, 0.05) is 13.1 Å². The molecule has 0 aromatic heterocycles. The van der Waals surface area contributed by atoms with Gasteiger partial charge in [-0.15, -0.1) is 0 Å². The topological polar surface area (TPSA) is 49.4 Å². The van der Waals surface area contributed by atoms with E-state index in [1.807, 2.05) is 6.07 Å². The first-order chi connectivity index (χ1) is 7.53. The van der Waals surface area contributed by atoms with E-state index in [4.69, 9.17) is 0 Å². The number of nitrogens with zero attached hydrogens (tertiary/aromatic N) is 1. The van der Waals surface area contributed by atoms with Crippen LogP contribution in [0.25, 0.3) is 0 Å². The molecule has 0 atom stereocenters. The second-order valence-electron chi connectivity index (χ2n) is 4.13. The minimum Gasteiger partial charge on any atom is -0.302 e. The lowest BCUT2D eigenvalue weighted by atomic mass is 10.0.